The van der Waals surface area contributed by atoms with Gasteiger partial charge in [0, 0.05) is 30.9 Å². The molecule has 2 fully saturated rings. The van der Waals surface area contributed by atoms with E-state index in [1.165, 1.54) is 27.3 Å². The van der Waals surface area contributed by atoms with Crippen molar-refractivity contribution in [3.63, 3.8) is 0 Å². The predicted molar refractivity (Wildman–Crippen MR) is 117 cm³/mol. The summed E-state index contributed by atoms with van der Waals surface area (Å²) >= 11 is 0. The summed E-state index contributed by atoms with van der Waals surface area (Å²) in [5.41, 5.74) is 4.15. The van der Waals surface area contributed by atoms with Crippen LogP contribution in [0.2, 0.25) is 0 Å². The van der Waals surface area contributed by atoms with Gasteiger partial charge < -0.3 is 5.32 Å². The number of urea groups is 1. The third kappa shape index (κ3) is 3.35. The first kappa shape index (κ1) is 20.2. The van der Waals surface area contributed by atoms with E-state index in [1.54, 1.807) is 0 Å². The Balaban J connectivity index is 1.24. The van der Waals surface area contributed by atoms with E-state index in [-0.39, 0.29) is 23.9 Å². The fourth-order valence-corrected chi connectivity index (χ4v) is 5.61. The maximum Gasteiger partial charge on any atom is 0.325 e. The minimum atomic E-state index is -0.803. The summed E-state index contributed by atoms with van der Waals surface area (Å²) in [5, 5.41) is 7.43. The van der Waals surface area contributed by atoms with Crippen LogP contribution in [0.5, 0.6) is 0 Å². The largest absolute Gasteiger partial charge is 0.325 e. The van der Waals surface area contributed by atoms with Gasteiger partial charge in [-0.05, 0) is 69.7 Å². The first-order valence-electron chi connectivity index (χ1n) is 11.3. The quantitative estimate of drug-likeness (QED) is 0.770. The summed E-state index contributed by atoms with van der Waals surface area (Å²) in [4.78, 5) is 30.4. The zero-order valence-corrected chi connectivity index (χ0v) is 18.6. The van der Waals surface area contributed by atoms with Crippen molar-refractivity contribution in [2.75, 3.05) is 13.1 Å². The van der Waals surface area contributed by atoms with Crippen molar-refractivity contribution < 1.29 is 9.59 Å². The van der Waals surface area contributed by atoms with Crippen LogP contribution in [0.1, 0.15) is 42.1 Å². The molecule has 3 aliphatic rings. The highest BCUT2D eigenvalue weighted by molar-refractivity contribution is 6.07. The fourth-order valence-electron chi connectivity index (χ4n) is 5.61. The van der Waals surface area contributed by atoms with Gasteiger partial charge in [0.15, 0.2) is 0 Å². The van der Waals surface area contributed by atoms with E-state index >= 15 is 0 Å². The molecule has 0 unspecified atom stereocenters. The first-order valence-corrected chi connectivity index (χ1v) is 11.3. The molecule has 3 amide bonds. The number of nitrogens with zero attached hydrogens (tertiary/aromatic N) is 4. The van der Waals surface area contributed by atoms with Crippen LogP contribution in [-0.4, -0.2) is 56.2 Å². The second-order valence-corrected chi connectivity index (χ2v) is 9.57. The molecular weight excluding hydrogens is 390 g/mol. The van der Waals surface area contributed by atoms with Gasteiger partial charge in [-0.3, -0.25) is 19.3 Å². The first-order chi connectivity index (χ1) is 14.9. The third-order valence-electron chi connectivity index (χ3n) is 7.78. The molecule has 7 nitrogen and oxygen atoms in total. The number of nitrogens with one attached hydrogen (secondary N) is 1. The molecule has 0 bridgehead atoms. The Morgan fingerprint density at radius 1 is 1.13 bits per heavy atom. The lowest BCUT2D eigenvalue weighted by atomic mass is 9.78. The summed E-state index contributed by atoms with van der Waals surface area (Å²) in [6.45, 7) is 6.76. The minimum absolute atomic E-state index is 0.0446. The van der Waals surface area contributed by atoms with Crippen LogP contribution < -0.4 is 5.32 Å². The zero-order valence-electron chi connectivity index (χ0n) is 18.6. The fraction of sp³-hybridized carbons (Fsp3) is 0.542. The van der Waals surface area contributed by atoms with Crippen LogP contribution >= 0.6 is 0 Å². The third-order valence-corrected chi connectivity index (χ3v) is 7.78. The molecule has 1 aromatic carbocycles. The predicted octanol–water partition coefficient (Wildman–Crippen LogP) is 2.42. The number of aryl methyl sites for hydroxylation is 1. The molecule has 1 atom stereocenters. The molecule has 164 valence electrons. The second-order valence-electron chi connectivity index (χ2n) is 9.57. The van der Waals surface area contributed by atoms with E-state index < -0.39 is 5.54 Å². The monoisotopic (exact) mass is 421 g/mol. The molecule has 2 aliphatic heterocycles. The van der Waals surface area contributed by atoms with Crippen molar-refractivity contribution in [2.24, 2.45) is 13.0 Å². The maximum atomic E-state index is 13.5. The van der Waals surface area contributed by atoms with E-state index in [0.717, 1.165) is 45.3 Å². The number of carbonyl (C=O) groups excluding carboxylic acids is 2. The number of piperidine rings is 1. The summed E-state index contributed by atoms with van der Waals surface area (Å²) < 4.78 is 1.91. The number of benzene rings is 1. The number of hydrogen-bond donors (Lipinski definition) is 1. The second kappa shape index (κ2) is 7.48. The Morgan fingerprint density at radius 2 is 1.77 bits per heavy atom. The van der Waals surface area contributed by atoms with Gasteiger partial charge >= 0.3 is 6.03 Å². The molecule has 0 radical (unpaired) electrons. The molecule has 0 spiro atoms. The van der Waals surface area contributed by atoms with Crippen molar-refractivity contribution in [3.05, 3.63) is 52.8 Å². The molecular formula is C24H31N5O2. The molecule has 2 saturated heterocycles. The highest BCUT2D eigenvalue weighted by Crippen LogP contribution is 2.36. The highest BCUT2D eigenvalue weighted by Gasteiger charge is 2.55. The SMILES string of the molecule is Cc1c(CN2CCC([C@@]3(C)NC(=O)N(C4Cc5ccccc5C4)C3=O)CC2)cnn1C. The van der Waals surface area contributed by atoms with E-state index in [9.17, 15) is 9.59 Å². The molecule has 1 N–H and O–H groups in total. The molecule has 7 heteroatoms. The van der Waals surface area contributed by atoms with Crippen molar-refractivity contribution in [3.8, 4) is 0 Å². The van der Waals surface area contributed by atoms with Gasteiger partial charge in [0.2, 0.25) is 0 Å². The summed E-state index contributed by atoms with van der Waals surface area (Å²) in [6.07, 6.45) is 5.27. The summed E-state index contributed by atoms with van der Waals surface area (Å²) in [5.74, 6) is 0.112. The van der Waals surface area contributed by atoms with Gasteiger partial charge in [-0.1, -0.05) is 24.3 Å². The van der Waals surface area contributed by atoms with Gasteiger partial charge in [-0.25, -0.2) is 4.79 Å². The van der Waals surface area contributed by atoms with Crippen LogP contribution in [0.4, 0.5) is 4.79 Å². The van der Waals surface area contributed by atoms with Crippen molar-refractivity contribution in [1.82, 2.24) is 24.9 Å². The molecule has 2 aromatic rings. The average Bonchev–Trinajstić information content (AvgIpc) is 3.39. The number of fused-ring (bicyclic) bond motifs is 1. The van der Waals surface area contributed by atoms with Crippen LogP contribution in [0.15, 0.2) is 30.5 Å². The van der Waals surface area contributed by atoms with Gasteiger partial charge in [-0.2, -0.15) is 5.10 Å². The number of hydrogen-bond acceptors (Lipinski definition) is 4. The lowest BCUT2D eigenvalue weighted by Crippen LogP contribution is -2.54. The molecule has 1 aromatic heterocycles. The van der Waals surface area contributed by atoms with Crippen molar-refractivity contribution in [1.29, 1.82) is 0 Å². The highest BCUT2D eigenvalue weighted by atomic mass is 16.2. The number of carbonyl (C=O) groups is 2. The molecule has 3 heterocycles. The van der Waals surface area contributed by atoms with Gasteiger partial charge in [0.1, 0.15) is 5.54 Å². The lowest BCUT2D eigenvalue weighted by molar-refractivity contribution is -0.134. The van der Waals surface area contributed by atoms with E-state index in [0.29, 0.717) is 0 Å². The Bertz CT molecular complexity index is 998. The van der Waals surface area contributed by atoms with Crippen LogP contribution in [-0.2, 0) is 31.2 Å². The Morgan fingerprint density at radius 3 is 2.35 bits per heavy atom. The normalized spacial score (nSPS) is 25.3. The van der Waals surface area contributed by atoms with Crippen molar-refractivity contribution >= 4 is 11.9 Å². The zero-order chi connectivity index (χ0) is 21.8. The number of rotatable bonds is 4. The number of aromatic nitrogens is 2. The average molecular weight is 422 g/mol. The standard InChI is InChI=1S/C24H31N5O2/c1-16-19(14-25-27(16)3)15-28-10-8-20(9-11-28)24(2)22(30)29(23(31)26-24)21-12-17-6-4-5-7-18(17)13-21/h4-7,14,20-21H,8-13,15H2,1-3H3,(H,26,31)/t24-/m1/s1. The summed E-state index contributed by atoms with van der Waals surface area (Å²) in [6, 6.07) is 7.97. The minimum Gasteiger partial charge on any atom is -0.323 e. The lowest BCUT2D eigenvalue weighted by Gasteiger charge is -2.39. The Labute approximate surface area is 183 Å². The van der Waals surface area contributed by atoms with E-state index in [4.69, 9.17) is 0 Å². The maximum absolute atomic E-state index is 13.5. The molecule has 31 heavy (non-hydrogen) atoms. The number of imide groups is 1. The van der Waals surface area contributed by atoms with E-state index in [2.05, 4.69) is 34.4 Å². The van der Waals surface area contributed by atoms with Crippen LogP contribution in [0.25, 0.3) is 0 Å². The van der Waals surface area contributed by atoms with Crippen molar-refractivity contribution in [2.45, 2.75) is 57.7 Å². The topological polar surface area (TPSA) is 70.5 Å². The smallest absolute Gasteiger partial charge is 0.323 e. The molecule has 5 rings (SSSR count). The molecule has 0 saturated carbocycles. The van der Waals surface area contributed by atoms with Gasteiger partial charge in [0.05, 0.1) is 6.20 Å². The van der Waals surface area contributed by atoms with E-state index in [1.807, 2.05) is 37.0 Å². The summed E-state index contributed by atoms with van der Waals surface area (Å²) in [7, 11) is 1.97. The van der Waals surface area contributed by atoms with Gasteiger partial charge in [0.25, 0.3) is 5.91 Å². The van der Waals surface area contributed by atoms with Crippen LogP contribution in [0.3, 0.4) is 0 Å². The molecule has 1 aliphatic carbocycles. The number of amides is 3. The van der Waals surface area contributed by atoms with Gasteiger partial charge in [-0.15, -0.1) is 0 Å². The number of likely N-dealkylation sites (tertiary alicyclic amines) is 1. The Kier molecular flexibility index (Phi) is 4.88. The Hall–Kier alpha value is -2.67. The van der Waals surface area contributed by atoms with Crippen LogP contribution in [0, 0.1) is 12.8 Å².